The summed E-state index contributed by atoms with van der Waals surface area (Å²) in [7, 11) is 0. The van der Waals surface area contributed by atoms with Gasteiger partial charge in [0, 0.05) is 21.5 Å². The highest BCUT2D eigenvalue weighted by atomic mass is 79.9. The first-order valence-electron chi connectivity index (χ1n) is 8.97. The molecule has 1 aromatic heterocycles. The fourth-order valence-corrected chi connectivity index (χ4v) is 3.05. The standard InChI is InChI=1S/C22H23BrN2O4/c1-14-10-16(15(2)25(14)19-8-6-18(23)7-9-19)11-17(12-24)21(27)28-13-20(26)29-22(3,4)5/h6-11H,13H2,1-5H3/b17-11+. The van der Waals surface area contributed by atoms with Gasteiger partial charge in [-0.2, -0.15) is 5.26 Å². The molecular weight excluding hydrogens is 436 g/mol. The van der Waals surface area contributed by atoms with Crippen molar-refractivity contribution in [3.63, 3.8) is 0 Å². The van der Waals surface area contributed by atoms with Crippen molar-refractivity contribution in [3.8, 4) is 11.8 Å². The van der Waals surface area contributed by atoms with Gasteiger partial charge in [0.25, 0.3) is 0 Å². The number of aromatic nitrogens is 1. The van der Waals surface area contributed by atoms with Gasteiger partial charge in [-0.25, -0.2) is 9.59 Å². The highest BCUT2D eigenvalue weighted by molar-refractivity contribution is 9.10. The number of nitrogens with zero attached hydrogens (tertiary/aromatic N) is 2. The second-order valence-electron chi connectivity index (χ2n) is 7.47. The molecule has 0 aliphatic carbocycles. The predicted octanol–water partition coefficient (Wildman–Crippen LogP) is 4.65. The van der Waals surface area contributed by atoms with Gasteiger partial charge in [0.15, 0.2) is 6.61 Å². The number of hydrogen-bond acceptors (Lipinski definition) is 5. The first kappa shape index (κ1) is 22.4. The van der Waals surface area contributed by atoms with Crippen LogP contribution in [0.25, 0.3) is 11.8 Å². The number of ether oxygens (including phenoxy) is 2. The number of halogens is 1. The fourth-order valence-electron chi connectivity index (χ4n) is 2.79. The van der Waals surface area contributed by atoms with Crippen molar-refractivity contribution >= 4 is 33.9 Å². The minimum atomic E-state index is -0.869. The number of esters is 2. The Morgan fingerprint density at radius 1 is 1.21 bits per heavy atom. The maximum absolute atomic E-state index is 12.2. The Labute approximate surface area is 178 Å². The van der Waals surface area contributed by atoms with Gasteiger partial charge in [-0.05, 0) is 76.6 Å². The van der Waals surface area contributed by atoms with E-state index in [1.54, 1.807) is 20.8 Å². The summed E-state index contributed by atoms with van der Waals surface area (Å²) < 4.78 is 13.0. The van der Waals surface area contributed by atoms with Crippen molar-refractivity contribution in [1.29, 1.82) is 5.26 Å². The molecule has 0 aliphatic heterocycles. The first-order chi connectivity index (χ1) is 13.5. The molecule has 0 saturated carbocycles. The van der Waals surface area contributed by atoms with Crippen LogP contribution in [0.2, 0.25) is 0 Å². The smallest absolute Gasteiger partial charge is 0.349 e. The molecule has 0 unspecified atom stereocenters. The molecule has 2 rings (SSSR count). The number of hydrogen-bond donors (Lipinski definition) is 0. The number of rotatable bonds is 5. The zero-order valence-electron chi connectivity index (χ0n) is 17.1. The van der Waals surface area contributed by atoms with Crippen LogP contribution in [-0.4, -0.2) is 28.7 Å². The number of carbonyl (C=O) groups excluding carboxylic acids is 2. The Morgan fingerprint density at radius 3 is 2.38 bits per heavy atom. The van der Waals surface area contributed by atoms with Crippen LogP contribution in [0, 0.1) is 25.2 Å². The molecule has 29 heavy (non-hydrogen) atoms. The summed E-state index contributed by atoms with van der Waals surface area (Å²) in [5, 5.41) is 9.38. The van der Waals surface area contributed by atoms with Gasteiger partial charge >= 0.3 is 11.9 Å². The van der Waals surface area contributed by atoms with Gasteiger partial charge in [-0.15, -0.1) is 0 Å². The summed E-state index contributed by atoms with van der Waals surface area (Å²) in [6.07, 6.45) is 1.47. The second-order valence-corrected chi connectivity index (χ2v) is 8.39. The van der Waals surface area contributed by atoms with E-state index in [1.807, 2.05) is 54.8 Å². The molecule has 0 amide bonds. The van der Waals surface area contributed by atoms with E-state index in [4.69, 9.17) is 9.47 Å². The van der Waals surface area contributed by atoms with E-state index in [1.165, 1.54) is 6.08 Å². The molecule has 7 heteroatoms. The van der Waals surface area contributed by atoms with Crippen LogP contribution >= 0.6 is 15.9 Å². The molecule has 0 radical (unpaired) electrons. The maximum Gasteiger partial charge on any atom is 0.349 e. The SMILES string of the molecule is Cc1cc(/C=C(\C#N)C(=O)OCC(=O)OC(C)(C)C)c(C)n1-c1ccc(Br)cc1. The van der Waals surface area contributed by atoms with E-state index in [-0.39, 0.29) is 5.57 Å². The lowest BCUT2D eigenvalue weighted by Crippen LogP contribution is -2.27. The molecule has 0 bridgehead atoms. The van der Waals surface area contributed by atoms with Crippen molar-refractivity contribution in [3.05, 3.63) is 57.3 Å². The molecular formula is C22H23BrN2O4. The average molecular weight is 459 g/mol. The van der Waals surface area contributed by atoms with Gasteiger partial charge in [-0.1, -0.05) is 15.9 Å². The van der Waals surface area contributed by atoms with Crippen LogP contribution in [0.3, 0.4) is 0 Å². The molecule has 0 atom stereocenters. The van der Waals surface area contributed by atoms with Crippen LogP contribution in [0.5, 0.6) is 0 Å². The Balaban J connectivity index is 2.22. The van der Waals surface area contributed by atoms with Crippen LogP contribution in [0.15, 0.2) is 40.4 Å². The van der Waals surface area contributed by atoms with Crippen LogP contribution in [0.4, 0.5) is 0 Å². The van der Waals surface area contributed by atoms with Crippen molar-refractivity contribution < 1.29 is 19.1 Å². The van der Waals surface area contributed by atoms with Crippen molar-refractivity contribution in [2.45, 2.75) is 40.2 Å². The summed E-state index contributed by atoms with van der Waals surface area (Å²) in [6.45, 7) is 8.45. The number of carbonyl (C=O) groups is 2. The summed E-state index contributed by atoms with van der Waals surface area (Å²) in [4.78, 5) is 23.9. The van der Waals surface area contributed by atoms with Crippen LogP contribution in [0.1, 0.15) is 37.7 Å². The third-order valence-corrected chi connectivity index (χ3v) is 4.47. The molecule has 0 aliphatic rings. The molecule has 0 saturated heterocycles. The summed E-state index contributed by atoms with van der Waals surface area (Å²) in [6, 6.07) is 11.6. The molecule has 0 spiro atoms. The normalized spacial score (nSPS) is 11.7. The first-order valence-corrected chi connectivity index (χ1v) is 9.77. The number of benzene rings is 1. The van der Waals surface area contributed by atoms with Gasteiger partial charge in [0.05, 0.1) is 0 Å². The lowest BCUT2D eigenvalue weighted by Gasteiger charge is -2.19. The highest BCUT2D eigenvalue weighted by Gasteiger charge is 2.20. The minimum absolute atomic E-state index is 0.190. The van der Waals surface area contributed by atoms with E-state index in [2.05, 4.69) is 15.9 Å². The summed E-state index contributed by atoms with van der Waals surface area (Å²) >= 11 is 3.42. The number of aryl methyl sites for hydroxylation is 1. The molecule has 6 nitrogen and oxygen atoms in total. The summed E-state index contributed by atoms with van der Waals surface area (Å²) in [5.41, 5.74) is 2.64. The van der Waals surface area contributed by atoms with Crippen molar-refractivity contribution in [2.75, 3.05) is 6.61 Å². The van der Waals surface area contributed by atoms with Crippen molar-refractivity contribution in [1.82, 2.24) is 4.57 Å². The Bertz CT molecular complexity index is 990. The van der Waals surface area contributed by atoms with Gasteiger partial charge in [0.2, 0.25) is 0 Å². The average Bonchev–Trinajstić information content (AvgIpc) is 2.90. The van der Waals surface area contributed by atoms with Gasteiger partial charge in [0.1, 0.15) is 17.2 Å². The molecule has 152 valence electrons. The van der Waals surface area contributed by atoms with Gasteiger partial charge < -0.3 is 14.0 Å². The largest absolute Gasteiger partial charge is 0.457 e. The summed E-state index contributed by atoms with van der Waals surface area (Å²) in [5.74, 6) is -1.54. The maximum atomic E-state index is 12.2. The Kier molecular flexibility index (Phi) is 7.04. The lowest BCUT2D eigenvalue weighted by atomic mass is 10.1. The molecule has 0 fully saturated rings. The lowest BCUT2D eigenvalue weighted by molar-refractivity contribution is -0.164. The van der Waals surface area contributed by atoms with E-state index in [0.29, 0.717) is 0 Å². The molecule has 1 aromatic carbocycles. The van der Waals surface area contributed by atoms with Crippen LogP contribution in [-0.2, 0) is 19.1 Å². The van der Waals surface area contributed by atoms with Gasteiger partial charge in [-0.3, -0.25) is 0 Å². The monoisotopic (exact) mass is 458 g/mol. The quantitative estimate of drug-likeness (QED) is 0.370. The molecule has 1 heterocycles. The van der Waals surface area contributed by atoms with E-state index in [0.717, 1.165) is 27.1 Å². The third-order valence-electron chi connectivity index (χ3n) is 3.94. The predicted molar refractivity (Wildman–Crippen MR) is 113 cm³/mol. The van der Waals surface area contributed by atoms with Crippen LogP contribution < -0.4 is 0 Å². The number of nitriles is 1. The van der Waals surface area contributed by atoms with E-state index >= 15 is 0 Å². The van der Waals surface area contributed by atoms with E-state index < -0.39 is 24.1 Å². The van der Waals surface area contributed by atoms with Crippen molar-refractivity contribution in [2.24, 2.45) is 0 Å². The highest BCUT2D eigenvalue weighted by Crippen LogP contribution is 2.24. The second kappa shape index (κ2) is 9.10. The topological polar surface area (TPSA) is 81.3 Å². The molecule has 2 aromatic rings. The minimum Gasteiger partial charge on any atom is -0.457 e. The Hall–Kier alpha value is -2.85. The zero-order chi connectivity index (χ0) is 21.8. The fraction of sp³-hybridized carbons (Fsp3) is 0.318. The third kappa shape index (κ3) is 6.06. The zero-order valence-corrected chi connectivity index (χ0v) is 18.7. The van der Waals surface area contributed by atoms with E-state index in [9.17, 15) is 14.9 Å². The molecule has 0 N–H and O–H groups in total. The Morgan fingerprint density at radius 2 is 1.83 bits per heavy atom.